The smallest absolute Gasteiger partial charge is 0.123 e. The molecule has 0 radical (unpaired) electrons. The van der Waals surface area contributed by atoms with Crippen LogP contribution < -0.4 is 25.4 Å². The minimum atomic E-state index is -1.89. The normalized spacial score (nSPS) is 21.6. The first-order chi connectivity index (χ1) is 36.5. The Labute approximate surface area is 438 Å². The largest absolute Gasteiger partial charge is 0.334 e. The highest BCUT2D eigenvalue weighted by Crippen LogP contribution is 2.65. The molecule has 358 valence electrons. The second-order valence-corrected chi connectivity index (χ2v) is 30.9. The molecular formula is C70H60N2Si2. The Morgan fingerprint density at radius 1 is 0.554 bits per heavy atom. The zero-order valence-corrected chi connectivity index (χ0v) is 44.3. The molecule has 8 aromatic rings. The van der Waals surface area contributed by atoms with E-state index in [1.54, 1.807) is 15.6 Å². The first kappa shape index (κ1) is 44.0. The van der Waals surface area contributed by atoms with Gasteiger partial charge in [0.05, 0.1) is 19.5 Å². The second kappa shape index (κ2) is 16.8. The van der Waals surface area contributed by atoms with Gasteiger partial charge in [-0.3, -0.25) is 0 Å². The van der Waals surface area contributed by atoms with E-state index >= 15 is 0 Å². The molecule has 3 spiro atoms. The van der Waals surface area contributed by atoms with Crippen LogP contribution in [-0.2, 0) is 5.41 Å². The summed E-state index contributed by atoms with van der Waals surface area (Å²) in [6.07, 6.45) is 24.4. The van der Waals surface area contributed by atoms with Gasteiger partial charge in [0.25, 0.3) is 0 Å². The van der Waals surface area contributed by atoms with Crippen LogP contribution in [0.1, 0.15) is 60.4 Å². The average molecular weight is 985 g/mol. The molecule has 0 saturated carbocycles. The van der Waals surface area contributed by atoms with Gasteiger partial charge < -0.3 is 9.80 Å². The second-order valence-electron chi connectivity index (χ2n) is 22.2. The Balaban J connectivity index is 0.862. The van der Waals surface area contributed by atoms with E-state index in [2.05, 4.69) is 241 Å². The van der Waals surface area contributed by atoms with Crippen molar-refractivity contribution in [3.8, 4) is 11.1 Å². The Hall–Kier alpha value is -7.51. The number of benzene rings is 8. The quantitative estimate of drug-likeness (QED) is 0.125. The van der Waals surface area contributed by atoms with Crippen molar-refractivity contribution in [3.63, 3.8) is 0 Å². The summed E-state index contributed by atoms with van der Waals surface area (Å²) < 4.78 is 0. The molecule has 2 atom stereocenters. The first-order valence-electron chi connectivity index (χ1n) is 27.4. The predicted molar refractivity (Wildman–Crippen MR) is 319 cm³/mol. The average Bonchev–Trinajstić information content (AvgIpc) is 4.27. The molecule has 0 amide bonds. The van der Waals surface area contributed by atoms with E-state index in [1.165, 1.54) is 139 Å². The van der Waals surface area contributed by atoms with Crippen molar-refractivity contribution in [2.24, 2.45) is 0 Å². The summed E-state index contributed by atoms with van der Waals surface area (Å²) in [5, 5.41) is 7.41. The van der Waals surface area contributed by atoms with Crippen LogP contribution in [0.2, 0.25) is 29.7 Å². The van der Waals surface area contributed by atoms with Gasteiger partial charge in [-0.25, -0.2) is 0 Å². The number of hydrogen-bond donors (Lipinski definition) is 0. The van der Waals surface area contributed by atoms with Gasteiger partial charge in [-0.05, 0) is 132 Å². The molecule has 15 rings (SSSR count). The molecule has 2 nitrogen and oxygen atoms in total. The lowest BCUT2D eigenvalue weighted by Gasteiger charge is -2.51. The summed E-state index contributed by atoms with van der Waals surface area (Å²) in [4.78, 5) is 5.31. The maximum absolute atomic E-state index is 4.87. The van der Waals surface area contributed by atoms with Crippen LogP contribution >= 0.6 is 0 Å². The number of rotatable bonds is 5. The van der Waals surface area contributed by atoms with Crippen molar-refractivity contribution in [2.45, 2.75) is 73.8 Å². The van der Waals surface area contributed by atoms with Crippen LogP contribution in [0.3, 0.4) is 0 Å². The highest BCUT2D eigenvalue weighted by Gasteiger charge is 2.55. The van der Waals surface area contributed by atoms with Crippen LogP contribution in [-0.4, -0.2) is 22.2 Å². The van der Waals surface area contributed by atoms with Gasteiger partial charge in [0.1, 0.15) is 8.07 Å². The molecular weight excluding hydrogens is 925 g/mol. The molecule has 3 aliphatic carbocycles. The predicted octanol–water partition coefficient (Wildman–Crippen LogP) is 16.4. The molecule has 0 N–H and O–H groups in total. The lowest BCUT2D eigenvalue weighted by Crippen LogP contribution is -2.61. The highest BCUT2D eigenvalue weighted by molar-refractivity contribution is 7.05. The summed E-state index contributed by atoms with van der Waals surface area (Å²) in [5.41, 5.74) is 19.3. The van der Waals surface area contributed by atoms with Crippen molar-refractivity contribution in [3.05, 3.63) is 264 Å². The van der Waals surface area contributed by atoms with Crippen LogP contribution in [0.15, 0.2) is 236 Å². The number of fused-ring (bicyclic) bond motifs is 16. The van der Waals surface area contributed by atoms with Crippen molar-refractivity contribution in [1.82, 2.24) is 0 Å². The maximum Gasteiger partial charge on any atom is 0.123 e. The van der Waals surface area contributed by atoms with Crippen molar-refractivity contribution in [2.75, 3.05) is 9.80 Å². The van der Waals surface area contributed by atoms with Gasteiger partial charge in [0.2, 0.25) is 0 Å². The number of para-hydroxylation sites is 3. The molecule has 2 unspecified atom stereocenters. The molecule has 7 aliphatic rings. The molecule has 0 aromatic heterocycles. The summed E-state index contributed by atoms with van der Waals surface area (Å²) in [5.74, 6) is 0. The van der Waals surface area contributed by atoms with E-state index in [0.717, 1.165) is 5.57 Å². The minimum Gasteiger partial charge on any atom is -0.334 e. The Kier molecular flexibility index (Phi) is 9.97. The number of allylic oxidation sites excluding steroid dienone is 8. The van der Waals surface area contributed by atoms with Gasteiger partial charge >= 0.3 is 0 Å². The topological polar surface area (TPSA) is 6.48 Å². The molecule has 4 aliphatic heterocycles. The molecule has 8 aromatic carbocycles. The summed E-state index contributed by atoms with van der Waals surface area (Å²) in [6.45, 7) is 7.09. The third-order valence-corrected chi connectivity index (χ3v) is 30.0. The monoisotopic (exact) mass is 984 g/mol. The van der Waals surface area contributed by atoms with E-state index in [-0.39, 0.29) is 0 Å². The van der Waals surface area contributed by atoms with E-state index in [1.807, 2.05) is 0 Å². The van der Waals surface area contributed by atoms with E-state index in [9.17, 15) is 0 Å². The summed E-state index contributed by atoms with van der Waals surface area (Å²) in [7, 11) is -3.62. The number of hydrogen-bond acceptors (Lipinski definition) is 2. The molecule has 2 fully saturated rings. The molecule has 0 bridgehead atoms. The fourth-order valence-electron chi connectivity index (χ4n) is 16.0. The fourth-order valence-corrected chi connectivity index (χ4v) is 27.7. The van der Waals surface area contributed by atoms with Crippen molar-refractivity contribution in [1.29, 1.82) is 0 Å². The first-order valence-corrected chi connectivity index (χ1v) is 32.3. The third-order valence-electron chi connectivity index (χ3n) is 18.9. The number of anilines is 5. The number of nitrogens with zero attached hydrogens (tertiary/aromatic N) is 2. The molecule has 4 heteroatoms. The van der Waals surface area contributed by atoms with Crippen LogP contribution in [0.25, 0.3) is 33.5 Å². The van der Waals surface area contributed by atoms with E-state index < -0.39 is 21.6 Å². The highest BCUT2D eigenvalue weighted by atomic mass is 28.3. The van der Waals surface area contributed by atoms with Crippen LogP contribution in [0.4, 0.5) is 28.4 Å². The minimum absolute atomic E-state index is 0.318. The third kappa shape index (κ3) is 5.98. The lowest BCUT2D eigenvalue weighted by atomic mass is 9.70. The van der Waals surface area contributed by atoms with E-state index in [0.29, 0.717) is 11.6 Å². The molecule has 2 saturated heterocycles. The maximum atomic E-state index is 4.87. The molecule has 4 heterocycles. The van der Waals surface area contributed by atoms with Gasteiger partial charge in [0.15, 0.2) is 0 Å². The zero-order valence-electron chi connectivity index (χ0n) is 42.3. The van der Waals surface area contributed by atoms with Gasteiger partial charge in [-0.1, -0.05) is 232 Å². The molecule has 74 heavy (non-hydrogen) atoms. The fraction of sp³-hybridized carbons (Fsp3) is 0.171. The van der Waals surface area contributed by atoms with Gasteiger partial charge in [0, 0.05) is 39.4 Å². The van der Waals surface area contributed by atoms with E-state index in [4.69, 9.17) is 6.58 Å². The summed E-state index contributed by atoms with van der Waals surface area (Å²) in [6, 6.07) is 73.7. The van der Waals surface area contributed by atoms with Gasteiger partial charge in [-0.2, -0.15) is 0 Å². The summed E-state index contributed by atoms with van der Waals surface area (Å²) >= 11 is 0. The van der Waals surface area contributed by atoms with Crippen LogP contribution in [0, 0.1) is 0 Å². The Bertz CT molecular complexity index is 3740. The zero-order chi connectivity index (χ0) is 49.2. The Morgan fingerprint density at radius 2 is 1.15 bits per heavy atom. The van der Waals surface area contributed by atoms with Crippen molar-refractivity contribution >= 4 is 82.6 Å². The lowest BCUT2D eigenvalue weighted by molar-refractivity contribution is 0.751. The standard InChI is InChI=1S/C70H60N2Si2/c1-3-51-55-40-39-50(71-62-28-10-14-32-66(62)73(42-18-19-43-73)67-33-15-11-29-63(67)71)47-60(55)70(57-26-8-6-23-53(57)54-24-7-9-27-58(54)70)59(51)46-48(2)36-37-49-38-41-61(56-25-5-4-22-52(49)56)72-64-30-12-16-34-68(64)74(44-20-21-45-74)69-35-17-13-31-65(69)72/h3-17,22-41,46-47,64,68H,2,18-21,42-45H2,1H3/b37-36+,51-3-,59-46+. The van der Waals surface area contributed by atoms with Crippen molar-refractivity contribution < 1.29 is 0 Å². The van der Waals surface area contributed by atoms with Gasteiger partial charge in [-0.15, -0.1) is 0 Å². The SMILES string of the molecule is C=C(/C=C/c1ccc(N2c3ccccc3[Si]3(CCCC3)C3C=CC=CC32)c2ccccc12)/C=C1\C(=C/C)c2ccc(N3c4ccccc4[Si]4(CCCC4)c4ccccc43)cc2C12c1ccccc1-c1ccccc12. The Morgan fingerprint density at radius 3 is 1.85 bits per heavy atom. The van der Waals surface area contributed by atoms with Crippen LogP contribution in [0.5, 0.6) is 0 Å².